The highest BCUT2D eigenvalue weighted by atomic mass is 32.2. The highest BCUT2D eigenvalue weighted by Gasteiger charge is 2.18. The molecule has 1 saturated carbocycles. The average Bonchev–Trinajstić information content (AvgIpc) is 2.73. The van der Waals surface area contributed by atoms with E-state index in [9.17, 15) is 0 Å². The number of thioether (sulfide) groups is 1. The van der Waals surface area contributed by atoms with Crippen molar-refractivity contribution >= 4 is 11.8 Å². The molecule has 1 fully saturated rings. The Balaban J connectivity index is 2.12. The van der Waals surface area contributed by atoms with Gasteiger partial charge >= 0.3 is 0 Å². The van der Waals surface area contributed by atoms with Crippen molar-refractivity contribution in [2.24, 2.45) is 0 Å². The van der Waals surface area contributed by atoms with E-state index < -0.39 is 0 Å². The van der Waals surface area contributed by atoms with Gasteiger partial charge < -0.3 is 4.74 Å². The molecule has 0 radical (unpaired) electrons. The molecule has 1 heterocycles. The first-order valence-electron chi connectivity index (χ1n) is 5.47. The number of aryl methyl sites for hydroxylation is 1. The Morgan fingerprint density at radius 1 is 1.40 bits per heavy atom. The second kappa shape index (κ2) is 4.88. The summed E-state index contributed by atoms with van der Waals surface area (Å²) >= 11 is 1.71. The maximum atomic E-state index is 5.92. The average molecular weight is 223 g/mol. The first-order chi connectivity index (χ1) is 7.29. The van der Waals surface area contributed by atoms with Gasteiger partial charge in [0.25, 0.3) is 0 Å². The van der Waals surface area contributed by atoms with Crippen LogP contribution in [0.2, 0.25) is 0 Å². The molecular formula is C12H17NOS. The van der Waals surface area contributed by atoms with E-state index in [-0.39, 0.29) is 0 Å². The van der Waals surface area contributed by atoms with Crippen LogP contribution in [0.5, 0.6) is 5.88 Å². The van der Waals surface area contributed by atoms with E-state index in [4.69, 9.17) is 4.74 Å². The molecule has 1 aromatic rings. The third-order valence-electron chi connectivity index (χ3n) is 2.76. The van der Waals surface area contributed by atoms with Gasteiger partial charge in [-0.15, -0.1) is 11.8 Å². The Labute approximate surface area is 95.4 Å². The fraction of sp³-hybridized carbons (Fsp3) is 0.583. The summed E-state index contributed by atoms with van der Waals surface area (Å²) in [6.07, 6.45) is 9.30. The number of aromatic nitrogens is 1. The molecule has 3 heteroatoms. The summed E-state index contributed by atoms with van der Waals surface area (Å²) in [6, 6.07) is 2.14. The summed E-state index contributed by atoms with van der Waals surface area (Å²) in [4.78, 5) is 5.52. The Morgan fingerprint density at radius 2 is 2.13 bits per heavy atom. The largest absolute Gasteiger partial charge is 0.474 e. The summed E-state index contributed by atoms with van der Waals surface area (Å²) in [5.74, 6) is 0.819. The van der Waals surface area contributed by atoms with Crippen LogP contribution in [0.4, 0.5) is 0 Å². The van der Waals surface area contributed by atoms with Gasteiger partial charge in [-0.1, -0.05) is 0 Å². The van der Waals surface area contributed by atoms with Crippen molar-refractivity contribution in [2.45, 2.75) is 43.6 Å². The number of rotatable bonds is 3. The van der Waals surface area contributed by atoms with E-state index in [1.807, 2.05) is 6.20 Å². The molecule has 2 nitrogen and oxygen atoms in total. The molecule has 0 aliphatic heterocycles. The Kier molecular flexibility index (Phi) is 3.52. The predicted molar refractivity (Wildman–Crippen MR) is 63.6 cm³/mol. The van der Waals surface area contributed by atoms with E-state index in [0.717, 1.165) is 10.8 Å². The fourth-order valence-corrected chi connectivity index (χ4v) is 2.51. The number of hydrogen-bond donors (Lipinski definition) is 0. The van der Waals surface area contributed by atoms with Crippen LogP contribution in [0.3, 0.4) is 0 Å². The lowest BCUT2D eigenvalue weighted by atomic mass is 10.3. The lowest BCUT2D eigenvalue weighted by Gasteiger charge is -2.14. The van der Waals surface area contributed by atoms with E-state index in [1.165, 1.54) is 31.2 Å². The Bertz CT molecular complexity index is 334. The SMILES string of the molecule is CSc1cc(C)cnc1OC1CCCC1. The van der Waals surface area contributed by atoms with Crippen LogP contribution in [0.25, 0.3) is 0 Å². The summed E-state index contributed by atoms with van der Waals surface area (Å²) in [6.45, 7) is 2.06. The number of nitrogens with zero attached hydrogens (tertiary/aromatic N) is 1. The molecule has 0 bridgehead atoms. The molecule has 82 valence electrons. The van der Waals surface area contributed by atoms with E-state index in [2.05, 4.69) is 24.2 Å². The van der Waals surface area contributed by atoms with Gasteiger partial charge in [-0.2, -0.15) is 0 Å². The van der Waals surface area contributed by atoms with Gasteiger partial charge in [0, 0.05) is 6.20 Å². The molecule has 2 rings (SSSR count). The van der Waals surface area contributed by atoms with Crippen molar-refractivity contribution in [1.82, 2.24) is 4.98 Å². The van der Waals surface area contributed by atoms with Gasteiger partial charge in [0.2, 0.25) is 5.88 Å². The minimum atomic E-state index is 0.395. The van der Waals surface area contributed by atoms with Crippen LogP contribution < -0.4 is 4.74 Å². The molecule has 0 saturated heterocycles. The van der Waals surface area contributed by atoms with Crippen LogP contribution in [0.1, 0.15) is 31.2 Å². The molecule has 0 unspecified atom stereocenters. The number of pyridine rings is 1. The maximum absolute atomic E-state index is 5.92. The molecule has 0 atom stereocenters. The molecule has 1 aromatic heterocycles. The molecule has 1 aliphatic carbocycles. The highest BCUT2D eigenvalue weighted by Crippen LogP contribution is 2.30. The zero-order valence-corrected chi connectivity index (χ0v) is 10.1. The fourth-order valence-electron chi connectivity index (χ4n) is 1.93. The van der Waals surface area contributed by atoms with Gasteiger partial charge in [0.05, 0.1) is 4.90 Å². The van der Waals surface area contributed by atoms with Crippen LogP contribution in [-0.4, -0.2) is 17.3 Å². The monoisotopic (exact) mass is 223 g/mol. The molecule has 0 N–H and O–H groups in total. The lowest BCUT2D eigenvalue weighted by molar-refractivity contribution is 0.196. The van der Waals surface area contributed by atoms with Crippen molar-refractivity contribution < 1.29 is 4.74 Å². The van der Waals surface area contributed by atoms with Crippen molar-refractivity contribution in [3.63, 3.8) is 0 Å². The second-order valence-electron chi connectivity index (χ2n) is 4.04. The highest BCUT2D eigenvalue weighted by molar-refractivity contribution is 7.98. The minimum absolute atomic E-state index is 0.395. The zero-order valence-electron chi connectivity index (χ0n) is 9.32. The molecule has 15 heavy (non-hydrogen) atoms. The van der Waals surface area contributed by atoms with Gasteiger partial charge in [-0.05, 0) is 50.5 Å². The summed E-state index contributed by atoms with van der Waals surface area (Å²) in [5.41, 5.74) is 1.19. The summed E-state index contributed by atoms with van der Waals surface area (Å²) in [5, 5.41) is 0. The van der Waals surface area contributed by atoms with Crippen molar-refractivity contribution in [3.05, 3.63) is 17.8 Å². The van der Waals surface area contributed by atoms with Crippen molar-refractivity contribution in [1.29, 1.82) is 0 Å². The van der Waals surface area contributed by atoms with Crippen LogP contribution in [-0.2, 0) is 0 Å². The zero-order chi connectivity index (χ0) is 10.7. The third-order valence-corrected chi connectivity index (χ3v) is 3.49. The van der Waals surface area contributed by atoms with E-state index in [0.29, 0.717) is 6.10 Å². The molecule has 0 aromatic carbocycles. The quantitative estimate of drug-likeness (QED) is 0.733. The third kappa shape index (κ3) is 2.65. The normalized spacial score (nSPS) is 16.9. The van der Waals surface area contributed by atoms with Gasteiger partial charge in [0.1, 0.15) is 6.10 Å². The number of ether oxygens (including phenoxy) is 1. The first kappa shape index (κ1) is 10.8. The van der Waals surface area contributed by atoms with E-state index in [1.54, 1.807) is 11.8 Å². The number of hydrogen-bond acceptors (Lipinski definition) is 3. The van der Waals surface area contributed by atoms with Gasteiger partial charge in [0.15, 0.2) is 0 Å². The van der Waals surface area contributed by atoms with Gasteiger partial charge in [-0.3, -0.25) is 0 Å². The molecule has 0 spiro atoms. The van der Waals surface area contributed by atoms with Crippen LogP contribution in [0, 0.1) is 6.92 Å². The minimum Gasteiger partial charge on any atom is -0.474 e. The molecular weight excluding hydrogens is 206 g/mol. The first-order valence-corrected chi connectivity index (χ1v) is 6.69. The summed E-state index contributed by atoms with van der Waals surface area (Å²) < 4.78 is 5.92. The smallest absolute Gasteiger partial charge is 0.227 e. The molecule has 0 amide bonds. The Hall–Kier alpha value is -0.700. The molecule has 1 aliphatic rings. The predicted octanol–water partition coefficient (Wildman–Crippen LogP) is 3.43. The van der Waals surface area contributed by atoms with E-state index >= 15 is 0 Å². The summed E-state index contributed by atoms with van der Waals surface area (Å²) in [7, 11) is 0. The maximum Gasteiger partial charge on any atom is 0.227 e. The van der Waals surface area contributed by atoms with Crippen LogP contribution >= 0.6 is 11.8 Å². The van der Waals surface area contributed by atoms with Gasteiger partial charge in [-0.25, -0.2) is 4.98 Å². The second-order valence-corrected chi connectivity index (χ2v) is 4.89. The lowest BCUT2D eigenvalue weighted by Crippen LogP contribution is -2.12. The Morgan fingerprint density at radius 3 is 2.80 bits per heavy atom. The van der Waals surface area contributed by atoms with Crippen molar-refractivity contribution in [3.8, 4) is 5.88 Å². The standard InChI is InChI=1S/C12H17NOS/c1-9-7-11(15-2)12(13-8-9)14-10-5-3-4-6-10/h7-8,10H,3-6H2,1-2H3. The van der Waals surface area contributed by atoms with Crippen LogP contribution in [0.15, 0.2) is 17.2 Å². The van der Waals surface area contributed by atoms with Crippen molar-refractivity contribution in [2.75, 3.05) is 6.26 Å². The topological polar surface area (TPSA) is 22.1 Å².